The summed E-state index contributed by atoms with van der Waals surface area (Å²) in [7, 11) is -1.32. The molecule has 0 aliphatic carbocycles. The Kier molecular flexibility index (Phi) is 6.82. The molecule has 28 heavy (non-hydrogen) atoms. The van der Waals surface area contributed by atoms with Crippen molar-refractivity contribution in [3.05, 3.63) is 24.3 Å². The number of hydrogen-bond acceptors (Lipinski definition) is 5. The highest BCUT2D eigenvalue weighted by molar-refractivity contribution is 7.91. The number of carbonyl (C=O) groups is 1. The van der Waals surface area contributed by atoms with E-state index in [0.29, 0.717) is 19.5 Å². The summed E-state index contributed by atoms with van der Waals surface area (Å²) in [6.45, 7) is 6.69. The molecule has 0 spiro atoms. The Morgan fingerprint density at radius 3 is 2.68 bits per heavy atom. The second-order valence-corrected chi connectivity index (χ2v) is 9.99. The fourth-order valence-electron chi connectivity index (χ4n) is 4.15. The molecule has 2 aliphatic rings. The van der Waals surface area contributed by atoms with Gasteiger partial charge in [-0.15, -0.1) is 0 Å². The number of piperazine rings is 1. The molecule has 7 nitrogen and oxygen atoms in total. The smallest absolute Gasteiger partial charge is 0.278 e. The van der Waals surface area contributed by atoms with Crippen molar-refractivity contribution < 1.29 is 22.8 Å². The molecule has 1 N–H and O–H groups in total. The zero-order valence-electron chi connectivity index (χ0n) is 16.9. The fourth-order valence-corrected chi connectivity index (χ4v) is 5.88. The van der Waals surface area contributed by atoms with E-state index in [2.05, 4.69) is 11.0 Å². The summed E-state index contributed by atoms with van der Waals surface area (Å²) in [4.78, 5) is 18.3. The van der Waals surface area contributed by atoms with Crippen LogP contribution in [0.4, 0.5) is 5.69 Å². The normalized spacial score (nSPS) is 22.2. The van der Waals surface area contributed by atoms with Crippen molar-refractivity contribution in [1.29, 1.82) is 0 Å². The molecule has 0 aromatic heterocycles. The summed E-state index contributed by atoms with van der Waals surface area (Å²) in [6, 6.07) is 7.92. The number of carbonyl (C=O) groups excluding carboxylic acids is 1. The quantitative estimate of drug-likeness (QED) is 0.676. The van der Waals surface area contributed by atoms with Crippen molar-refractivity contribution >= 4 is 21.4 Å². The van der Waals surface area contributed by atoms with E-state index in [1.807, 2.05) is 30.0 Å². The molecule has 2 saturated heterocycles. The van der Waals surface area contributed by atoms with Gasteiger partial charge in [-0.2, -0.15) is 0 Å². The highest BCUT2D eigenvalue weighted by Crippen LogP contribution is 2.21. The van der Waals surface area contributed by atoms with Crippen LogP contribution >= 0.6 is 0 Å². The highest BCUT2D eigenvalue weighted by Gasteiger charge is 2.35. The highest BCUT2D eigenvalue weighted by atomic mass is 32.2. The molecule has 1 atom stereocenters. The molecule has 1 amide bonds. The van der Waals surface area contributed by atoms with Gasteiger partial charge in [0.15, 0.2) is 16.4 Å². The van der Waals surface area contributed by atoms with E-state index in [1.165, 1.54) is 4.90 Å². The monoisotopic (exact) mass is 410 g/mol. The lowest BCUT2D eigenvalue weighted by Gasteiger charge is -2.35. The number of nitrogens with one attached hydrogen (secondary N) is 1. The minimum absolute atomic E-state index is 0.0915. The van der Waals surface area contributed by atoms with E-state index < -0.39 is 9.84 Å². The van der Waals surface area contributed by atoms with Crippen molar-refractivity contribution in [2.45, 2.75) is 25.8 Å². The molecule has 1 aromatic carbocycles. The van der Waals surface area contributed by atoms with Crippen LogP contribution in [0.1, 0.15) is 19.8 Å². The van der Waals surface area contributed by atoms with Gasteiger partial charge in [0.25, 0.3) is 5.91 Å². The van der Waals surface area contributed by atoms with Gasteiger partial charge in [-0.25, -0.2) is 8.42 Å². The molecular formula is C20H32N3O4S+. The lowest BCUT2D eigenvalue weighted by Crippen LogP contribution is -3.16. The molecule has 156 valence electrons. The number of nitrogens with zero attached hydrogens (tertiary/aromatic N) is 2. The molecule has 0 radical (unpaired) electrons. The van der Waals surface area contributed by atoms with Crippen LogP contribution in [-0.4, -0.2) is 83.2 Å². The van der Waals surface area contributed by atoms with Crippen LogP contribution in [0.2, 0.25) is 0 Å². The van der Waals surface area contributed by atoms with Gasteiger partial charge in [0, 0.05) is 24.3 Å². The van der Waals surface area contributed by atoms with Crippen LogP contribution in [0.5, 0.6) is 5.75 Å². The largest absolute Gasteiger partial charge is 0.497 e. The molecule has 0 unspecified atom stereocenters. The number of benzene rings is 1. The van der Waals surface area contributed by atoms with Crippen LogP contribution in [0.25, 0.3) is 0 Å². The maximum Gasteiger partial charge on any atom is 0.278 e. The molecule has 0 saturated carbocycles. The maximum atomic E-state index is 12.9. The fraction of sp³-hybridized carbons (Fsp3) is 0.650. The van der Waals surface area contributed by atoms with Gasteiger partial charge in [0.2, 0.25) is 0 Å². The predicted octanol–water partition coefficient (Wildman–Crippen LogP) is -0.174. The maximum absolute atomic E-state index is 12.9. The summed E-state index contributed by atoms with van der Waals surface area (Å²) in [5.41, 5.74) is 1.15. The molecule has 2 heterocycles. The molecule has 8 heteroatoms. The first kappa shape index (κ1) is 20.9. The second-order valence-electron chi connectivity index (χ2n) is 7.76. The van der Waals surface area contributed by atoms with E-state index in [0.717, 1.165) is 44.0 Å². The van der Waals surface area contributed by atoms with Crippen molar-refractivity contribution in [3.8, 4) is 5.75 Å². The van der Waals surface area contributed by atoms with Crippen molar-refractivity contribution in [2.24, 2.45) is 0 Å². The molecular weight excluding hydrogens is 378 g/mol. The summed E-state index contributed by atoms with van der Waals surface area (Å²) in [5.74, 6) is 1.27. The molecule has 2 aliphatic heterocycles. The Hall–Kier alpha value is -1.80. The van der Waals surface area contributed by atoms with Gasteiger partial charge in [0.1, 0.15) is 5.75 Å². The molecule has 2 fully saturated rings. The topological polar surface area (TPSA) is 71.4 Å². The average Bonchev–Trinajstić information content (AvgIpc) is 3.06. The third-order valence-corrected chi connectivity index (χ3v) is 7.47. The SMILES string of the molecule is CCCN(C(=O)C[NH+]1CCN(c2cccc(OC)c2)CC1)[C@@H]1CCS(=O)(=O)C1. The minimum atomic E-state index is -2.99. The third-order valence-electron chi connectivity index (χ3n) is 5.72. The average molecular weight is 411 g/mol. The van der Waals surface area contributed by atoms with Gasteiger partial charge in [-0.1, -0.05) is 13.0 Å². The number of hydrogen-bond donors (Lipinski definition) is 1. The Balaban J connectivity index is 1.54. The number of ether oxygens (including phenoxy) is 1. The van der Waals surface area contributed by atoms with Crippen LogP contribution in [0.15, 0.2) is 24.3 Å². The number of sulfone groups is 1. The summed E-state index contributed by atoms with van der Waals surface area (Å²) in [5, 5.41) is 0. The molecule has 1 aromatic rings. The Morgan fingerprint density at radius 2 is 2.07 bits per heavy atom. The first-order valence-electron chi connectivity index (χ1n) is 10.1. The zero-order valence-corrected chi connectivity index (χ0v) is 17.7. The first-order chi connectivity index (χ1) is 13.4. The number of methoxy groups -OCH3 is 1. The van der Waals surface area contributed by atoms with Gasteiger partial charge in [0.05, 0.1) is 44.8 Å². The number of rotatable bonds is 7. The number of quaternary nitrogens is 1. The minimum Gasteiger partial charge on any atom is -0.497 e. The lowest BCUT2D eigenvalue weighted by atomic mass is 10.2. The van der Waals surface area contributed by atoms with Gasteiger partial charge >= 0.3 is 0 Å². The van der Waals surface area contributed by atoms with Crippen LogP contribution in [-0.2, 0) is 14.6 Å². The lowest BCUT2D eigenvalue weighted by molar-refractivity contribution is -0.892. The Labute approximate surface area is 168 Å². The van der Waals surface area contributed by atoms with Crippen LogP contribution < -0.4 is 14.5 Å². The van der Waals surface area contributed by atoms with Crippen LogP contribution in [0, 0.1) is 0 Å². The predicted molar refractivity (Wildman–Crippen MR) is 110 cm³/mol. The zero-order chi connectivity index (χ0) is 20.1. The van der Waals surface area contributed by atoms with E-state index >= 15 is 0 Å². The van der Waals surface area contributed by atoms with E-state index in [-0.39, 0.29) is 23.5 Å². The van der Waals surface area contributed by atoms with Gasteiger partial charge in [-0.3, -0.25) is 4.79 Å². The standard InChI is InChI=1S/C20H31N3O4S/c1-3-8-23(18-7-13-28(25,26)16-18)20(24)15-21-9-11-22(12-10-21)17-5-4-6-19(14-17)27-2/h4-6,14,18H,3,7-13,15-16H2,1-2H3/p+1/t18-/m1/s1. The summed E-state index contributed by atoms with van der Waals surface area (Å²) >= 11 is 0. The van der Waals surface area contributed by atoms with Crippen LogP contribution in [0.3, 0.4) is 0 Å². The van der Waals surface area contributed by atoms with Crippen molar-refractivity contribution in [1.82, 2.24) is 4.90 Å². The van der Waals surface area contributed by atoms with Crippen molar-refractivity contribution in [2.75, 3.05) is 62.8 Å². The Bertz CT molecular complexity index is 775. The second kappa shape index (κ2) is 9.13. The summed E-state index contributed by atoms with van der Waals surface area (Å²) in [6.07, 6.45) is 1.42. The third kappa shape index (κ3) is 5.17. The van der Waals surface area contributed by atoms with Gasteiger partial charge in [-0.05, 0) is 25.0 Å². The number of anilines is 1. The molecule has 0 bridgehead atoms. The number of amides is 1. The van der Waals surface area contributed by atoms with E-state index in [4.69, 9.17) is 4.74 Å². The first-order valence-corrected chi connectivity index (χ1v) is 12.0. The van der Waals surface area contributed by atoms with E-state index in [9.17, 15) is 13.2 Å². The van der Waals surface area contributed by atoms with Crippen molar-refractivity contribution in [3.63, 3.8) is 0 Å². The summed E-state index contributed by atoms with van der Waals surface area (Å²) < 4.78 is 28.9. The molecule has 3 rings (SSSR count). The van der Waals surface area contributed by atoms with E-state index in [1.54, 1.807) is 7.11 Å². The Morgan fingerprint density at radius 1 is 1.32 bits per heavy atom. The van der Waals surface area contributed by atoms with Gasteiger partial charge < -0.3 is 19.4 Å².